The van der Waals surface area contributed by atoms with Crippen molar-refractivity contribution in [2.24, 2.45) is 5.73 Å². The molecule has 0 bridgehead atoms. The molecular weight excluding hydrogens is 255 g/mol. The van der Waals surface area contributed by atoms with Crippen LogP contribution in [-0.4, -0.2) is 33.7 Å². The molecule has 0 saturated heterocycles. The minimum atomic E-state index is -1.08. The summed E-state index contributed by atoms with van der Waals surface area (Å²) in [6.45, 7) is 2.11. The van der Waals surface area contributed by atoms with Gasteiger partial charge >= 0.3 is 5.97 Å². The Morgan fingerprint density at radius 1 is 1.56 bits per heavy atom. The summed E-state index contributed by atoms with van der Waals surface area (Å²) in [5.41, 5.74) is 5.81. The molecule has 1 unspecified atom stereocenters. The van der Waals surface area contributed by atoms with E-state index in [2.05, 4.69) is 0 Å². The summed E-state index contributed by atoms with van der Waals surface area (Å²) >= 11 is 4.81. The Morgan fingerprint density at radius 2 is 2.17 bits per heavy atom. The number of nitrogens with zero attached hydrogens (tertiary/aromatic N) is 1. The van der Waals surface area contributed by atoms with Crippen molar-refractivity contribution in [3.05, 3.63) is 35.6 Å². The normalized spacial score (nSPS) is 11.9. The number of aliphatic carboxylic acids is 1. The molecule has 1 aromatic rings. The number of hydrogen-bond acceptors (Lipinski definition) is 2. The summed E-state index contributed by atoms with van der Waals surface area (Å²) in [5, 5.41) is 9.20. The van der Waals surface area contributed by atoms with Crippen LogP contribution < -0.4 is 5.73 Å². The Morgan fingerprint density at radius 3 is 2.61 bits per heavy atom. The summed E-state index contributed by atoms with van der Waals surface area (Å²) in [5.74, 6) is -1.50. The third-order valence-electron chi connectivity index (χ3n) is 2.66. The van der Waals surface area contributed by atoms with Crippen LogP contribution in [-0.2, 0) is 11.2 Å². The Kier molecular flexibility index (Phi) is 5.03. The Hall–Kier alpha value is -1.69. The van der Waals surface area contributed by atoms with Gasteiger partial charge in [0.05, 0.1) is 0 Å². The van der Waals surface area contributed by atoms with E-state index in [0.29, 0.717) is 12.1 Å². The summed E-state index contributed by atoms with van der Waals surface area (Å²) in [7, 11) is 0. The predicted molar refractivity (Wildman–Crippen MR) is 70.7 cm³/mol. The molecule has 98 valence electrons. The number of rotatable bonds is 5. The Labute approximate surface area is 110 Å². The van der Waals surface area contributed by atoms with Gasteiger partial charge in [-0.25, -0.2) is 9.18 Å². The van der Waals surface area contributed by atoms with Crippen molar-refractivity contribution in [2.75, 3.05) is 6.54 Å². The molecule has 0 fully saturated rings. The molecule has 0 aliphatic rings. The number of likely N-dealkylation sites (N-methyl/N-ethyl adjacent to an activating group) is 1. The van der Waals surface area contributed by atoms with Crippen LogP contribution in [0.5, 0.6) is 0 Å². The maximum atomic E-state index is 13.5. The fraction of sp³-hybridized carbons (Fsp3) is 0.333. The van der Waals surface area contributed by atoms with Crippen LogP contribution in [0.3, 0.4) is 0 Å². The number of carbonyl (C=O) groups is 1. The topological polar surface area (TPSA) is 66.6 Å². The third kappa shape index (κ3) is 3.40. The summed E-state index contributed by atoms with van der Waals surface area (Å²) in [6.07, 6.45) is 0.0210. The molecule has 4 nitrogen and oxygen atoms in total. The monoisotopic (exact) mass is 270 g/mol. The van der Waals surface area contributed by atoms with E-state index in [9.17, 15) is 14.3 Å². The van der Waals surface area contributed by atoms with Gasteiger partial charge in [-0.05, 0) is 30.8 Å². The molecule has 0 saturated carbocycles. The van der Waals surface area contributed by atoms with Crippen LogP contribution in [0.25, 0.3) is 0 Å². The second-order valence-corrected chi connectivity index (χ2v) is 4.19. The standard InChI is InChI=1S/C12H15FN2O2S/c1-2-15(12(14)18)10(11(16)17)7-8-5-3-4-6-9(8)13/h3-6,10H,2,7H2,1H3,(H2,14,18)(H,16,17). The number of hydrogen-bond donors (Lipinski definition) is 2. The molecular formula is C12H15FN2O2S. The average molecular weight is 270 g/mol. The van der Waals surface area contributed by atoms with Gasteiger partial charge in [-0.15, -0.1) is 0 Å². The molecule has 1 atom stereocenters. The average Bonchev–Trinajstić information content (AvgIpc) is 2.30. The molecule has 3 N–H and O–H groups in total. The SMILES string of the molecule is CCN(C(N)=S)C(Cc1ccccc1F)C(=O)O. The van der Waals surface area contributed by atoms with E-state index in [1.54, 1.807) is 25.1 Å². The molecule has 0 radical (unpaired) electrons. The van der Waals surface area contributed by atoms with Crippen molar-refractivity contribution in [1.29, 1.82) is 0 Å². The minimum absolute atomic E-state index is 0.00115. The van der Waals surface area contributed by atoms with Crippen molar-refractivity contribution in [3.8, 4) is 0 Å². The van der Waals surface area contributed by atoms with Gasteiger partial charge in [-0.3, -0.25) is 0 Å². The van der Waals surface area contributed by atoms with E-state index in [0.717, 1.165) is 0 Å². The number of carboxylic acid groups (broad SMARTS) is 1. The van der Waals surface area contributed by atoms with Crippen LogP contribution in [0.1, 0.15) is 12.5 Å². The highest BCUT2D eigenvalue weighted by Gasteiger charge is 2.26. The highest BCUT2D eigenvalue weighted by Crippen LogP contribution is 2.13. The van der Waals surface area contributed by atoms with Crippen molar-refractivity contribution < 1.29 is 14.3 Å². The van der Waals surface area contributed by atoms with E-state index >= 15 is 0 Å². The zero-order chi connectivity index (χ0) is 13.7. The fourth-order valence-corrected chi connectivity index (χ4v) is 1.99. The van der Waals surface area contributed by atoms with Gasteiger partial charge in [0.15, 0.2) is 5.11 Å². The van der Waals surface area contributed by atoms with Crippen LogP contribution in [0.2, 0.25) is 0 Å². The van der Waals surface area contributed by atoms with Gasteiger partial charge in [-0.2, -0.15) is 0 Å². The number of thiocarbonyl (C=S) groups is 1. The van der Waals surface area contributed by atoms with Crippen molar-refractivity contribution >= 4 is 23.3 Å². The fourth-order valence-electron chi connectivity index (χ4n) is 1.73. The van der Waals surface area contributed by atoms with Crippen molar-refractivity contribution in [2.45, 2.75) is 19.4 Å². The van der Waals surface area contributed by atoms with E-state index in [4.69, 9.17) is 18.0 Å². The first kappa shape index (κ1) is 14.4. The first-order chi connectivity index (χ1) is 8.47. The molecule has 6 heteroatoms. The maximum absolute atomic E-state index is 13.5. The molecule has 0 spiro atoms. The zero-order valence-electron chi connectivity index (χ0n) is 9.97. The highest BCUT2D eigenvalue weighted by atomic mass is 32.1. The molecule has 0 amide bonds. The van der Waals surface area contributed by atoms with E-state index in [1.807, 2.05) is 0 Å². The first-order valence-corrected chi connectivity index (χ1v) is 5.90. The number of nitrogens with two attached hydrogens (primary N) is 1. The lowest BCUT2D eigenvalue weighted by Crippen LogP contribution is -2.48. The van der Waals surface area contributed by atoms with Crippen LogP contribution in [0.4, 0.5) is 4.39 Å². The first-order valence-electron chi connectivity index (χ1n) is 5.49. The maximum Gasteiger partial charge on any atom is 0.326 e. The molecule has 0 aliphatic heterocycles. The molecule has 0 aromatic heterocycles. The van der Waals surface area contributed by atoms with Crippen LogP contribution >= 0.6 is 12.2 Å². The van der Waals surface area contributed by atoms with Gasteiger partial charge in [-0.1, -0.05) is 18.2 Å². The van der Waals surface area contributed by atoms with Crippen LogP contribution in [0.15, 0.2) is 24.3 Å². The molecule has 1 aromatic carbocycles. The second-order valence-electron chi connectivity index (χ2n) is 3.77. The molecule has 1 rings (SSSR count). The van der Waals surface area contributed by atoms with E-state index < -0.39 is 17.8 Å². The van der Waals surface area contributed by atoms with E-state index in [1.165, 1.54) is 11.0 Å². The van der Waals surface area contributed by atoms with Crippen molar-refractivity contribution in [3.63, 3.8) is 0 Å². The summed E-state index contributed by atoms with van der Waals surface area (Å²) in [6, 6.07) is 5.11. The van der Waals surface area contributed by atoms with E-state index in [-0.39, 0.29) is 11.5 Å². The lowest BCUT2D eigenvalue weighted by atomic mass is 10.0. The smallest absolute Gasteiger partial charge is 0.326 e. The van der Waals surface area contributed by atoms with Gasteiger partial charge in [0.1, 0.15) is 11.9 Å². The number of halogens is 1. The second kappa shape index (κ2) is 6.30. The van der Waals surface area contributed by atoms with Gasteiger partial charge < -0.3 is 15.7 Å². The lowest BCUT2D eigenvalue weighted by molar-refractivity contribution is -0.141. The van der Waals surface area contributed by atoms with Crippen molar-refractivity contribution in [1.82, 2.24) is 4.90 Å². The predicted octanol–water partition coefficient (Wildman–Crippen LogP) is 1.39. The number of benzene rings is 1. The largest absolute Gasteiger partial charge is 0.480 e. The molecule has 18 heavy (non-hydrogen) atoms. The van der Waals surface area contributed by atoms with Gasteiger partial charge in [0.2, 0.25) is 0 Å². The highest BCUT2D eigenvalue weighted by molar-refractivity contribution is 7.80. The van der Waals surface area contributed by atoms with Crippen LogP contribution in [0, 0.1) is 5.82 Å². The summed E-state index contributed by atoms with van der Waals surface area (Å²) in [4.78, 5) is 12.6. The van der Waals surface area contributed by atoms with Gasteiger partial charge in [0, 0.05) is 13.0 Å². The minimum Gasteiger partial charge on any atom is -0.480 e. The Balaban J connectivity index is 2.97. The Bertz CT molecular complexity index is 453. The molecule has 0 heterocycles. The molecule has 0 aliphatic carbocycles. The zero-order valence-corrected chi connectivity index (χ0v) is 10.8. The summed E-state index contributed by atoms with van der Waals surface area (Å²) < 4.78 is 13.5. The number of carboxylic acids is 1. The lowest BCUT2D eigenvalue weighted by Gasteiger charge is -2.28. The quantitative estimate of drug-likeness (QED) is 0.791. The van der Waals surface area contributed by atoms with Gasteiger partial charge in [0.25, 0.3) is 0 Å². The third-order valence-corrected chi connectivity index (χ3v) is 2.89.